The molecule has 52 valence electrons. The fraction of sp³-hybridized carbons (Fsp3) is 1.00. The van der Waals surface area contributed by atoms with Crippen molar-refractivity contribution in [2.75, 3.05) is 0 Å². The van der Waals surface area contributed by atoms with Crippen molar-refractivity contribution in [3.63, 3.8) is 0 Å². The molecule has 0 heteroatoms. The summed E-state index contributed by atoms with van der Waals surface area (Å²) in [5.74, 6) is 1.14. The molecule has 0 aliphatic heterocycles. The Kier molecular flexibility index (Phi) is 0.774. The van der Waals surface area contributed by atoms with Gasteiger partial charge in [-0.15, -0.1) is 0 Å². The predicted molar refractivity (Wildman–Crippen MR) is 39.2 cm³/mol. The molecule has 0 saturated heterocycles. The van der Waals surface area contributed by atoms with Gasteiger partial charge in [0.2, 0.25) is 0 Å². The van der Waals surface area contributed by atoms with Crippen LogP contribution in [0.5, 0.6) is 0 Å². The molecule has 0 amide bonds. The molecule has 3 aliphatic carbocycles. The zero-order valence-electron chi connectivity index (χ0n) is 6.70. The lowest BCUT2D eigenvalue weighted by molar-refractivity contribution is -0.181. The van der Waals surface area contributed by atoms with Gasteiger partial charge in [0, 0.05) is 0 Å². The smallest absolute Gasteiger partial charge is 0.0241 e. The summed E-state index contributed by atoms with van der Waals surface area (Å²) in [6.07, 6.45) is 4.61. The van der Waals surface area contributed by atoms with Crippen LogP contribution in [0.3, 0.4) is 0 Å². The van der Waals surface area contributed by atoms with Crippen LogP contribution < -0.4 is 0 Å². The average Bonchev–Trinajstić information content (AvgIpc) is 1.08. The second kappa shape index (κ2) is 1.21. The van der Waals surface area contributed by atoms with E-state index >= 15 is 0 Å². The number of rotatable bonds is 0. The van der Waals surface area contributed by atoms with Crippen LogP contribution in [-0.2, 0) is 0 Å². The summed E-state index contributed by atoms with van der Waals surface area (Å²) < 4.78 is 0. The van der Waals surface area contributed by atoms with Gasteiger partial charge in [0.1, 0.15) is 0 Å². The Bertz CT molecular complexity index is 122. The minimum absolute atomic E-state index is 0.599. The summed E-state index contributed by atoms with van der Waals surface area (Å²) in [5.41, 5.74) is 1.40. The Labute approximate surface area is 57.6 Å². The first-order valence-electron chi connectivity index (χ1n) is 4.04. The lowest BCUT2D eigenvalue weighted by atomic mass is 9.37. The zero-order chi connectivity index (χ0) is 6.70. The summed E-state index contributed by atoms with van der Waals surface area (Å²) in [7, 11) is 0. The molecule has 0 nitrogen and oxygen atoms in total. The third-order valence-corrected chi connectivity index (χ3v) is 3.63. The molecule has 9 heavy (non-hydrogen) atoms. The van der Waals surface area contributed by atoms with Crippen molar-refractivity contribution in [1.82, 2.24) is 0 Å². The maximum Gasteiger partial charge on any atom is -0.0241 e. The van der Waals surface area contributed by atoms with E-state index in [1.807, 2.05) is 0 Å². The lowest BCUT2D eigenvalue weighted by Gasteiger charge is -2.68. The molecular formula is C9H16. The van der Waals surface area contributed by atoms with Crippen molar-refractivity contribution in [2.24, 2.45) is 16.7 Å². The van der Waals surface area contributed by atoms with E-state index in [1.165, 1.54) is 19.3 Å². The van der Waals surface area contributed by atoms with Crippen molar-refractivity contribution in [1.29, 1.82) is 0 Å². The van der Waals surface area contributed by atoms with E-state index in [0.29, 0.717) is 5.41 Å². The van der Waals surface area contributed by atoms with Gasteiger partial charge in [-0.1, -0.05) is 20.8 Å². The van der Waals surface area contributed by atoms with Crippen LogP contribution in [0.4, 0.5) is 0 Å². The van der Waals surface area contributed by atoms with E-state index < -0.39 is 0 Å². The van der Waals surface area contributed by atoms with Crippen LogP contribution in [0.25, 0.3) is 0 Å². The first-order chi connectivity index (χ1) is 4.04. The van der Waals surface area contributed by atoms with Crippen LogP contribution in [-0.4, -0.2) is 0 Å². The van der Waals surface area contributed by atoms with Crippen molar-refractivity contribution in [3.8, 4) is 0 Å². The van der Waals surface area contributed by atoms with E-state index in [9.17, 15) is 0 Å². The fourth-order valence-corrected chi connectivity index (χ4v) is 2.40. The Morgan fingerprint density at radius 1 is 1.11 bits per heavy atom. The van der Waals surface area contributed by atoms with Gasteiger partial charge >= 0.3 is 0 Å². The molecule has 0 aromatic carbocycles. The molecule has 0 N–H and O–H groups in total. The van der Waals surface area contributed by atoms with Crippen molar-refractivity contribution in [3.05, 3.63) is 0 Å². The van der Waals surface area contributed by atoms with Crippen molar-refractivity contribution in [2.45, 2.75) is 40.0 Å². The Balaban J connectivity index is 2.13. The quantitative estimate of drug-likeness (QED) is 0.466. The molecular weight excluding hydrogens is 108 g/mol. The molecule has 0 unspecified atom stereocenters. The highest BCUT2D eigenvalue weighted by Gasteiger charge is 2.61. The molecule has 0 spiro atoms. The largest absolute Gasteiger partial charge is 0.0596 e. The van der Waals surface area contributed by atoms with E-state index in [1.54, 1.807) is 0 Å². The van der Waals surface area contributed by atoms with Crippen LogP contribution in [0.15, 0.2) is 0 Å². The summed E-state index contributed by atoms with van der Waals surface area (Å²) in [5, 5.41) is 0. The number of hydrogen-bond donors (Lipinski definition) is 0. The number of hydrogen-bond acceptors (Lipinski definition) is 0. The maximum absolute atomic E-state index is 2.39. The molecule has 0 aromatic heterocycles. The highest BCUT2D eigenvalue weighted by atomic mass is 14.7. The van der Waals surface area contributed by atoms with Gasteiger partial charge in [-0.25, -0.2) is 0 Å². The standard InChI is InChI=1S/C9H16/c1-8(2,3)9-4-7(5-9)6-9/h7H,4-6H2,1-3H3. The van der Waals surface area contributed by atoms with Gasteiger partial charge in [0.05, 0.1) is 0 Å². The normalized spacial score (nSPS) is 47.7. The molecule has 0 heterocycles. The summed E-state index contributed by atoms with van der Waals surface area (Å²) in [6.45, 7) is 7.17. The molecule has 0 radical (unpaired) electrons. The molecule has 0 aromatic rings. The molecule has 3 fully saturated rings. The van der Waals surface area contributed by atoms with Crippen molar-refractivity contribution < 1.29 is 0 Å². The lowest BCUT2D eigenvalue weighted by Crippen LogP contribution is -2.58. The topological polar surface area (TPSA) is 0 Å². The zero-order valence-corrected chi connectivity index (χ0v) is 6.70. The van der Waals surface area contributed by atoms with E-state index in [4.69, 9.17) is 0 Å². The summed E-state index contributed by atoms with van der Waals surface area (Å²) in [4.78, 5) is 0. The Morgan fingerprint density at radius 2 is 1.56 bits per heavy atom. The van der Waals surface area contributed by atoms with E-state index in [0.717, 1.165) is 11.3 Å². The van der Waals surface area contributed by atoms with Gasteiger partial charge in [-0.05, 0) is 36.0 Å². The van der Waals surface area contributed by atoms with Crippen LogP contribution in [0.2, 0.25) is 0 Å². The Hall–Kier alpha value is 0. The molecule has 0 atom stereocenters. The average molecular weight is 124 g/mol. The van der Waals surface area contributed by atoms with E-state index in [-0.39, 0.29) is 0 Å². The minimum atomic E-state index is 0.599. The van der Waals surface area contributed by atoms with Gasteiger partial charge in [0.15, 0.2) is 0 Å². The first-order valence-corrected chi connectivity index (χ1v) is 4.04. The first kappa shape index (κ1) is 5.76. The van der Waals surface area contributed by atoms with Crippen LogP contribution in [0.1, 0.15) is 40.0 Å². The van der Waals surface area contributed by atoms with Gasteiger partial charge in [-0.2, -0.15) is 0 Å². The third kappa shape index (κ3) is 0.500. The van der Waals surface area contributed by atoms with E-state index in [2.05, 4.69) is 20.8 Å². The molecule has 3 saturated carbocycles. The van der Waals surface area contributed by atoms with Gasteiger partial charge < -0.3 is 0 Å². The monoisotopic (exact) mass is 124 g/mol. The second-order valence-electron chi connectivity index (χ2n) is 5.01. The molecule has 2 bridgehead atoms. The minimum Gasteiger partial charge on any atom is -0.0596 e. The summed E-state index contributed by atoms with van der Waals surface area (Å²) >= 11 is 0. The molecule has 3 rings (SSSR count). The predicted octanol–water partition coefficient (Wildman–Crippen LogP) is 2.83. The maximum atomic E-state index is 2.39. The summed E-state index contributed by atoms with van der Waals surface area (Å²) in [6, 6.07) is 0. The Morgan fingerprint density at radius 3 is 1.56 bits per heavy atom. The van der Waals surface area contributed by atoms with Gasteiger partial charge in [0.25, 0.3) is 0 Å². The van der Waals surface area contributed by atoms with Crippen LogP contribution >= 0.6 is 0 Å². The van der Waals surface area contributed by atoms with Crippen LogP contribution in [0, 0.1) is 16.7 Å². The van der Waals surface area contributed by atoms with Crippen molar-refractivity contribution >= 4 is 0 Å². The highest BCUT2D eigenvalue weighted by Crippen LogP contribution is 2.71. The van der Waals surface area contributed by atoms with Gasteiger partial charge in [-0.3, -0.25) is 0 Å². The molecule has 3 aliphatic rings. The highest BCUT2D eigenvalue weighted by molar-refractivity contribution is 5.11. The SMILES string of the molecule is CC(C)(C)C12CC(C1)C2. The third-order valence-electron chi connectivity index (χ3n) is 3.63. The second-order valence-corrected chi connectivity index (χ2v) is 5.01. The fourth-order valence-electron chi connectivity index (χ4n) is 2.40.